The summed E-state index contributed by atoms with van der Waals surface area (Å²) in [5.74, 6) is 2.12. The maximum Gasteiger partial charge on any atom is 0.319 e. The van der Waals surface area contributed by atoms with Crippen molar-refractivity contribution in [1.29, 1.82) is 0 Å². The zero-order valence-electron chi connectivity index (χ0n) is 12.1. The molecular formula is C13H21F2N5S. The Morgan fingerprint density at radius 1 is 1.57 bits per heavy atom. The number of aromatic nitrogens is 2. The number of imidazole rings is 1. The highest BCUT2D eigenvalue weighted by molar-refractivity contribution is 8.00. The lowest BCUT2D eigenvalue weighted by atomic mass is 10.2. The standard InChI is InChI=1S/C13H21F2N5S/c1-2-16-13(18-8-10-4-3-7-21-10)19-9-11-17-5-6-20(11)12(14)15/h5-6,10,12H,2-4,7-9H2,1H3,(H2,16,18,19). The molecule has 118 valence electrons. The molecule has 1 aromatic rings. The second-order valence-electron chi connectivity index (χ2n) is 4.74. The van der Waals surface area contributed by atoms with Crippen molar-refractivity contribution in [3.63, 3.8) is 0 Å². The van der Waals surface area contributed by atoms with Crippen molar-refractivity contribution in [2.75, 3.05) is 18.8 Å². The van der Waals surface area contributed by atoms with Gasteiger partial charge in [-0.05, 0) is 25.5 Å². The summed E-state index contributed by atoms with van der Waals surface area (Å²) < 4.78 is 26.3. The third-order valence-corrected chi connectivity index (χ3v) is 4.60. The number of hydrogen-bond acceptors (Lipinski definition) is 3. The summed E-state index contributed by atoms with van der Waals surface area (Å²) in [5, 5.41) is 7.00. The summed E-state index contributed by atoms with van der Waals surface area (Å²) in [5.41, 5.74) is 0. The van der Waals surface area contributed by atoms with E-state index in [1.165, 1.54) is 31.0 Å². The number of nitrogens with one attached hydrogen (secondary N) is 2. The molecule has 1 aliphatic heterocycles. The zero-order chi connectivity index (χ0) is 15.1. The first-order chi connectivity index (χ1) is 10.2. The Morgan fingerprint density at radius 2 is 2.43 bits per heavy atom. The van der Waals surface area contributed by atoms with Gasteiger partial charge in [-0.2, -0.15) is 20.5 Å². The van der Waals surface area contributed by atoms with Crippen molar-refractivity contribution >= 4 is 17.7 Å². The maximum absolute atomic E-state index is 12.7. The van der Waals surface area contributed by atoms with Crippen LogP contribution < -0.4 is 10.6 Å². The molecule has 8 heteroatoms. The molecule has 2 rings (SSSR count). The van der Waals surface area contributed by atoms with Gasteiger partial charge in [0.2, 0.25) is 0 Å². The Hall–Kier alpha value is -1.31. The number of thioether (sulfide) groups is 1. The minimum Gasteiger partial charge on any atom is -0.357 e. The summed E-state index contributed by atoms with van der Waals surface area (Å²) in [6.07, 6.45) is 5.11. The molecule has 0 amide bonds. The number of guanidine groups is 1. The fourth-order valence-corrected chi connectivity index (χ4v) is 3.35. The molecule has 1 saturated heterocycles. The molecule has 0 bridgehead atoms. The van der Waals surface area contributed by atoms with Gasteiger partial charge in [0.1, 0.15) is 12.4 Å². The second kappa shape index (κ2) is 8.21. The first kappa shape index (κ1) is 16.1. The van der Waals surface area contributed by atoms with E-state index in [0.717, 1.165) is 17.7 Å². The van der Waals surface area contributed by atoms with Crippen LogP contribution in [0.5, 0.6) is 0 Å². The van der Waals surface area contributed by atoms with E-state index in [9.17, 15) is 8.78 Å². The molecule has 0 radical (unpaired) electrons. The quantitative estimate of drug-likeness (QED) is 0.624. The molecule has 1 atom stereocenters. The Bertz CT molecular complexity index is 457. The van der Waals surface area contributed by atoms with Gasteiger partial charge in [0.15, 0.2) is 5.96 Å². The van der Waals surface area contributed by atoms with Crippen LogP contribution in [-0.2, 0) is 6.54 Å². The van der Waals surface area contributed by atoms with Gasteiger partial charge in [0.25, 0.3) is 0 Å². The first-order valence-corrected chi connectivity index (χ1v) is 8.19. The van der Waals surface area contributed by atoms with Gasteiger partial charge < -0.3 is 10.6 Å². The van der Waals surface area contributed by atoms with Crippen LogP contribution >= 0.6 is 11.8 Å². The lowest BCUT2D eigenvalue weighted by Crippen LogP contribution is -2.40. The Morgan fingerprint density at radius 3 is 3.10 bits per heavy atom. The van der Waals surface area contributed by atoms with E-state index in [-0.39, 0.29) is 12.4 Å². The van der Waals surface area contributed by atoms with Gasteiger partial charge in [0, 0.05) is 30.7 Å². The Kier molecular flexibility index (Phi) is 6.28. The zero-order valence-corrected chi connectivity index (χ0v) is 12.9. The van der Waals surface area contributed by atoms with E-state index in [1.54, 1.807) is 0 Å². The van der Waals surface area contributed by atoms with E-state index >= 15 is 0 Å². The van der Waals surface area contributed by atoms with Crippen LogP contribution in [0.4, 0.5) is 8.78 Å². The lowest BCUT2D eigenvalue weighted by molar-refractivity contribution is 0.0671. The number of halogens is 2. The van der Waals surface area contributed by atoms with Gasteiger partial charge in [-0.15, -0.1) is 0 Å². The highest BCUT2D eigenvalue weighted by Crippen LogP contribution is 2.25. The molecule has 1 unspecified atom stereocenters. The van der Waals surface area contributed by atoms with Gasteiger partial charge in [-0.3, -0.25) is 4.57 Å². The first-order valence-electron chi connectivity index (χ1n) is 7.14. The molecule has 0 saturated carbocycles. The predicted octanol–water partition coefficient (Wildman–Crippen LogP) is 2.23. The van der Waals surface area contributed by atoms with Crippen molar-refractivity contribution in [2.45, 2.75) is 38.1 Å². The number of hydrogen-bond donors (Lipinski definition) is 2. The molecule has 0 aliphatic carbocycles. The van der Waals surface area contributed by atoms with Crippen LogP contribution in [0.2, 0.25) is 0 Å². The molecule has 1 aromatic heterocycles. The van der Waals surface area contributed by atoms with E-state index < -0.39 is 6.55 Å². The molecule has 21 heavy (non-hydrogen) atoms. The van der Waals surface area contributed by atoms with Crippen molar-refractivity contribution in [3.05, 3.63) is 18.2 Å². The maximum atomic E-state index is 12.7. The van der Waals surface area contributed by atoms with Crippen LogP contribution in [0.15, 0.2) is 17.4 Å². The predicted molar refractivity (Wildman–Crippen MR) is 81.8 cm³/mol. The second-order valence-corrected chi connectivity index (χ2v) is 6.15. The van der Waals surface area contributed by atoms with Gasteiger partial charge in [0.05, 0.1) is 0 Å². The topological polar surface area (TPSA) is 54.2 Å². The Labute approximate surface area is 127 Å². The Balaban J connectivity index is 1.91. The molecule has 0 spiro atoms. The fourth-order valence-electron chi connectivity index (χ4n) is 2.15. The largest absolute Gasteiger partial charge is 0.357 e. The summed E-state index contributed by atoms with van der Waals surface area (Å²) >= 11 is 1.96. The van der Waals surface area contributed by atoms with Crippen LogP contribution in [0, 0.1) is 0 Å². The summed E-state index contributed by atoms with van der Waals surface area (Å²) in [6, 6.07) is 0. The highest BCUT2D eigenvalue weighted by atomic mass is 32.2. The fraction of sp³-hybridized carbons (Fsp3) is 0.692. The molecule has 1 aliphatic rings. The minimum absolute atomic E-state index is 0.129. The minimum atomic E-state index is -2.58. The van der Waals surface area contributed by atoms with Crippen molar-refractivity contribution in [2.24, 2.45) is 4.99 Å². The van der Waals surface area contributed by atoms with Crippen LogP contribution in [0.3, 0.4) is 0 Å². The summed E-state index contributed by atoms with van der Waals surface area (Å²) in [7, 11) is 0. The van der Waals surface area contributed by atoms with Crippen molar-refractivity contribution < 1.29 is 8.78 Å². The normalized spacial score (nSPS) is 19.2. The van der Waals surface area contributed by atoms with Crippen LogP contribution in [0.25, 0.3) is 0 Å². The molecular weight excluding hydrogens is 296 g/mol. The third-order valence-electron chi connectivity index (χ3n) is 3.20. The van der Waals surface area contributed by atoms with Crippen LogP contribution in [0.1, 0.15) is 32.1 Å². The number of nitrogens with zero attached hydrogens (tertiary/aromatic N) is 3. The third kappa shape index (κ3) is 4.87. The van der Waals surface area contributed by atoms with Gasteiger partial charge >= 0.3 is 6.55 Å². The molecule has 2 heterocycles. The van der Waals surface area contributed by atoms with Crippen molar-refractivity contribution in [1.82, 2.24) is 20.2 Å². The molecule has 5 nitrogen and oxygen atoms in total. The average molecular weight is 317 g/mol. The summed E-state index contributed by atoms with van der Waals surface area (Å²) in [6.45, 7) is 1.10. The highest BCUT2D eigenvalue weighted by Gasteiger charge is 2.16. The van der Waals surface area contributed by atoms with Crippen LogP contribution in [-0.4, -0.2) is 39.6 Å². The van der Waals surface area contributed by atoms with E-state index in [4.69, 9.17) is 0 Å². The number of rotatable bonds is 6. The van der Waals surface area contributed by atoms with E-state index in [1.807, 2.05) is 18.7 Å². The van der Waals surface area contributed by atoms with E-state index in [2.05, 4.69) is 20.6 Å². The van der Waals surface area contributed by atoms with Crippen molar-refractivity contribution in [3.8, 4) is 0 Å². The number of aliphatic imine (C=N–C) groups is 1. The lowest BCUT2D eigenvalue weighted by Gasteiger charge is -2.14. The average Bonchev–Trinajstić information content (AvgIpc) is 3.12. The number of alkyl halides is 2. The summed E-state index contributed by atoms with van der Waals surface area (Å²) in [4.78, 5) is 8.25. The van der Waals surface area contributed by atoms with Gasteiger partial charge in [-0.1, -0.05) is 0 Å². The smallest absolute Gasteiger partial charge is 0.319 e. The molecule has 0 aromatic carbocycles. The molecule has 1 fully saturated rings. The van der Waals surface area contributed by atoms with Gasteiger partial charge in [-0.25, -0.2) is 9.98 Å². The van der Waals surface area contributed by atoms with E-state index in [0.29, 0.717) is 11.2 Å². The monoisotopic (exact) mass is 317 g/mol. The SMILES string of the molecule is CCNC(=NCc1nccn1C(F)F)NCC1CCCS1. The molecule has 2 N–H and O–H groups in total.